The topological polar surface area (TPSA) is 74.4 Å². The number of amides is 2. The van der Waals surface area contributed by atoms with Crippen LogP contribution in [-0.4, -0.2) is 43.4 Å². The summed E-state index contributed by atoms with van der Waals surface area (Å²) >= 11 is 0. The van der Waals surface area contributed by atoms with Crippen LogP contribution < -0.4 is 10.1 Å². The highest BCUT2D eigenvalue weighted by Crippen LogP contribution is 2.37. The Hall–Kier alpha value is -3.80. The largest absolute Gasteiger partial charge is 0.497 e. The van der Waals surface area contributed by atoms with Gasteiger partial charge in [-0.3, -0.25) is 9.59 Å². The third-order valence-corrected chi connectivity index (χ3v) is 5.46. The lowest BCUT2D eigenvalue weighted by Crippen LogP contribution is -2.06. The number of hydrogen-bond acceptors (Lipinski definition) is 3. The van der Waals surface area contributed by atoms with E-state index < -0.39 is 0 Å². The monoisotopic (exact) mass is 445 g/mol. The molecule has 172 valence electrons. The van der Waals surface area contributed by atoms with Crippen LogP contribution >= 0.6 is 0 Å². The molecule has 0 radical (unpaired) electrons. The number of carbonyl (C=O) groups is 2. The summed E-state index contributed by atoms with van der Waals surface area (Å²) in [4.78, 5) is 27.0. The molecule has 4 rings (SSSR count). The Labute approximate surface area is 195 Å². The zero-order chi connectivity index (χ0) is 24.0. The molecule has 1 aromatic heterocycles. The number of aromatic amines is 1. The van der Waals surface area contributed by atoms with Crippen molar-refractivity contribution in [1.82, 2.24) is 9.88 Å². The fraction of sp³-hybridized carbons (Fsp3) is 0.259. The molecule has 0 fully saturated rings. The standard InChI is InChI=1S/C24H24N2O2.C3H7NO/c1-4-15-11-18(5-2)25-22(15)14-21-20-10-9-17(13-23(20)26-24(21)27)16-7-6-8-19(12-16)28-3;1-4(2)3-5/h6-14,25H,4-5H2,1-3H3,(H,26,27);3H,1-2H3. The maximum Gasteiger partial charge on any atom is 0.256 e. The van der Waals surface area contributed by atoms with E-state index >= 15 is 0 Å². The van der Waals surface area contributed by atoms with Gasteiger partial charge >= 0.3 is 0 Å². The molecule has 0 aliphatic carbocycles. The van der Waals surface area contributed by atoms with Crippen molar-refractivity contribution in [3.63, 3.8) is 0 Å². The van der Waals surface area contributed by atoms with Crippen LogP contribution in [0.3, 0.4) is 0 Å². The fourth-order valence-electron chi connectivity index (χ4n) is 3.65. The van der Waals surface area contributed by atoms with Crippen LogP contribution in [0.25, 0.3) is 22.8 Å². The first-order chi connectivity index (χ1) is 15.9. The zero-order valence-corrected chi connectivity index (χ0v) is 19.9. The molecular weight excluding hydrogens is 414 g/mol. The minimum absolute atomic E-state index is 0.0625. The number of carbonyl (C=O) groups excluding carboxylic acids is 2. The summed E-state index contributed by atoms with van der Waals surface area (Å²) in [6.07, 6.45) is 4.60. The molecule has 1 aliphatic rings. The lowest BCUT2D eigenvalue weighted by molar-refractivity contribution is -0.116. The van der Waals surface area contributed by atoms with Crippen molar-refractivity contribution >= 4 is 29.7 Å². The highest BCUT2D eigenvalue weighted by atomic mass is 16.5. The van der Waals surface area contributed by atoms with Crippen molar-refractivity contribution in [3.8, 4) is 16.9 Å². The summed E-state index contributed by atoms with van der Waals surface area (Å²) in [5.74, 6) is 0.751. The van der Waals surface area contributed by atoms with Gasteiger partial charge in [-0.15, -0.1) is 0 Å². The minimum Gasteiger partial charge on any atom is -0.497 e. The predicted molar refractivity (Wildman–Crippen MR) is 134 cm³/mol. The van der Waals surface area contributed by atoms with Gasteiger partial charge in [0.2, 0.25) is 6.41 Å². The van der Waals surface area contributed by atoms with Crippen LogP contribution in [0.1, 0.15) is 36.4 Å². The van der Waals surface area contributed by atoms with Gasteiger partial charge in [-0.05, 0) is 59.9 Å². The Morgan fingerprint density at radius 3 is 2.36 bits per heavy atom. The highest BCUT2D eigenvalue weighted by molar-refractivity contribution is 6.35. The van der Waals surface area contributed by atoms with Gasteiger partial charge in [-0.25, -0.2) is 0 Å². The van der Waals surface area contributed by atoms with Gasteiger partial charge < -0.3 is 19.9 Å². The van der Waals surface area contributed by atoms with Gasteiger partial charge in [0.1, 0.15) is 5.75 Å². The Kier molecular flexibility index (Phi) is 7.72. The number of hydrogen-bond donors (Lipinski definition) is 2. The molecule has 2 amide bonds. The first-order valence-corrected chi connectivity index (χ1v) is 11.0. The van der Waals surface area contributed by atoms with Crippen LogP contribution in [0.5, 0.6) is 5.75 Å². The average Bonchev–Trinajstić information content (AvgIpc) is 3.39. The van der Waals surface area contributed by atoms with Crippen molar-refractivity contribution in [3.05, 3.63) is 71.0 Å². The fourth-order valence-corrected chi connectivity index (χ4v) is 3.65. The summed E-state index contributed by atoms with van der Waals surface area (Å²) in [5.41, 5.74) is 8.03. The number of anilines is 1. The Morgan fingerprint density at radius 2 is 1.73 bits per heavy atom. The van der Waals surface area contributed by atoms with E-state index in [1.165, 1.54) is 16.2 Å². The van der Waals surface area contributed by atoms with Crippen molar-refractivity contribution in [2.24, 2.45) is 0 Å². The number of aryl methyl sites for hydroxylation is 2. The number of benzene rings is 2. The second-order valence-corrected chi connectivity index (χ2v) is 8.01. The summed E-state index contributed by atoms with van der Waals surface area (Å²) in [7, 11) is 5.04. The molecule has 0 spiro atoms. The maximum atomic E-state index is 12.6. The van der Waals surface area contributed by atoms with Crippen LogP contribution in [0.4, 0.5) is 5.69 Å². The molecule has 0 bridgehead atoms. The van der Waals surface area contributed by atoms with E-state index in [4.69, 9.17) is 4.74 Å². The van der Waals surface area contributed by atoms with E-state index in [0.717, 1.165) is 53.1 Å². The second-order valence-electron chi connectivity index (χ2n) is 8.01. The van der Waals surface area contributed by atoms with E-state index in [-0.39, 0.29) is 5.91 Å². The zero-order valence-electron chi connectivity index (χ0n) is 19.9. The summed E-state index contributed by atoms with van der Waals surface area (Å²) < 4.78 is 5.32. The Morgan fingerprint density at radius 1 is 1.00 bits per heavy atom. The SMILES string of the molecule is CCc1cc(CC)c(C=C2C(=O)Nc3cc(-c4cccc(OC)c4)ccc32)[nH]1.CN(C)C=O. The molecule has 0 saturated heterocycles. The van der Waals surface area contributed by atoms with Crippen LogP contribution in [0, 0.1) is 0 Å². The lowest BCUT2D eigenvalue weighted by Gasteiger charge is -2.07. The molecule has 33 heavy (non-hydrogen) atoms. The molecular formula is C27H31N3O3. The van der Waals surface area contributed by atoms with Crippen molar-refractivity contribution < 1.29 is 14.3 Å². The van der Waals surface area contributed by atoms with Crippen LogP contribution in [-0.2, 0) is 22.4 Å². The highest BCUT2D eigenvalue weighted by Gasteiger charge is 2.25. The molecule has 0 unspecified atom stereocenters. The predicted octanol–water partition coefficient (Wildman–Crippen LogP) is 5.01. The van der Waals surface area contributed by atoms with Crippen molar-refractivity contribution in [2.75, 3.05) is 26.5 Å². The molecule has 6 nitrogen and oxygen atoms in total. The van der Waals surface area contributed by atoms with Gasteiger partial charge in [-0.1, -0.05) is 38.1 Å². The van der Waals surface area contributed by atoms with E-state index in [9.17, 15) is 9.59 Å². The quantitative estimate of drug-likeness (QED) is 0.414. The molecule has 1 aliphatic heterocycles. The number of H-pyrrole nitrogens is 1. The number of aromatic nitrogens is 1. The molecule has 6 heteroatoms. The number of nitrogens with one attached hydrogen (secondary N) is 2. The van der Waals surface area contributed by atoms with Crippen molar-refractivity contribution in [1.29, 1.82) is 0 Å². The van der Waals surface area contributed by atoms with Gasteiger partial charge in [0, 0.05) is 36.7 Å². The Balaban J connectivity index is 0.000000555. The minimum atomic E-state index is -0.0625. The lowest BCUT2D eigenvalue weighted by atomic mass is 9.99. The normalized spacial score (nSPS) is 13.1. The molecule has 0 saturated carbocycles. The molecule has 2 N–H and O–H groups in total. The van der Waals surface area contributed by atoms with Crippen LogP contribution in [0.2, 0.25) is 0 Å². The number of nitrogens with zero attached hydrogens (tertiary/aromatic N) is 1. The number of ether oxygens (including phenoxy) is 1. The summed E-state index contributed by atoms with van der Waals surface area (Å²) in [5, 5.41) is 3.01. The van der Waals surface area contributed by atoms with Gasteiger partial charge in [-0.2, -0.15) is 0 Å². The summed E-state index contributed by atoms with van der Waals surface area (Å²) in [6.45, 7) is 4.26. The van der Waals surface area contributed by atoms with E-state index in [1.54, 1.807) is 21.2 Å². The van der Waals surface area contributed by atoms with Crippen LogP contribution in [0.15, 0.2) is 48.5 Å². The van der Waals surface area contributed by atoms with Gasteiger partial charge in [0.15, 0.2) is 0 Å². The van der Waals surface area contributed by atoms with E-state index in [2.05, 4.69) is 36.3 Å². The molecule has 0 atom stereocenters. The van der Waals surface area contributed by atoms with E-state index in [0.29, 0.717) is 5.57 Å². The van der Waals surface area contributed by atoms with Gasteiger partial charge in [0.05, 0.1) is 12.7 Å². The second kappa shape index (κ2) is 10.7. The molecule has 2 heterocycles. The molecule has 3 aromatic rings. The third-order valence-electron chi connectivity index (χ3n) is 5.46. The van der Waals surface area contributed by atoms with E-state index in [1.807, 2.05) is 42.5 Å². The Bertz CT molecular complexity index is 1180. The smallest absolute Gasteiger partial charge is 0.256 e. The number of methoxy groups -OCH3 is 1. The third kappa shape index (κ3) is 5.52. The first kappa shape index (κ1) is 23.9. The summed E-state index contributed by atoms with van der Waals surface area (Å²) in [6, 6.07) is 16.2. The number of fused-ring (bicyclic) bond motifs is 1. The van der Waals surface area contributed by atoms with Crippen molar-refractivity contribution in [2.45, 2.75) is 26.7 Å². The maximum absolute atomic E-state index is 12.6. The first-order valence-electron chi connectivity index (χ1n) is 11.0. The molecule has 2 aromatic carbocycles. The van der Waals surface area contributed by atoms with Gasteiger partial charge in [0.25, 0.3) is 5.91 Å². The average molecular weight is 446 g/mol. The number of rotatable bonds is 6.